The van der Waals surface area contributed by atoms with Gasteiger partial charge in [0.25, 0.3) is 5.91 Å². The van der Waals surface area contributed by atoms with Crippen molar-refractivity contribution in [3.05, 3.63) is 95.4 Å². The first kappa shape index (κ1) is 19.8. The molecule has 3 aromatic carbocycles. The van der Waals surface area contributed by atoms with E-state index in [1.807, 2.05) is 35.7 Å². The van der Waals surface area contributed by atoms with Crippen LogP contribution in [-0.2, 0) is 6.18 Å². The molecule has 1 N–H and O–H groups in total. The van der Waals surface area contributed by atoms with Crippen LogP contribution in [-0.4, -0.2) is 10.9 Å². The highest BCUT2D eigenvalue weighted by Crippen LogP contribution is 2.31. The summed E-state index contributed by atoms with van der Waals surface area (Å²) in [5.41, 5.74) is 2.38. The third-order valence-corrected chi connectivity index (χ3v) is 5.31. The molecule has 0 radical (unpaired) electrons. The van der Waals surface area contributed by atoms with Gasteiger partial charge in [0.1, 0.15) is 5.01 Å². The molecule has 150 valence electrons. The number of nitrogens with zero attached hydrogens (tertiary/aromatic N) is 1. The number of alkyl halides is 3. The molecule has 1 aromatic heterocycles. The van der Waals surface area contributed by atoms with E-state index in [4.69, 9.17) is 0 Å². The van der Waals surface area contributed by atoms with Crippen LogP contribution in [0.1, 0.15) is 15.9 Å². The Labute approximate surface area is 174 Å². The molecule has 0 saturated heterocycles. The number of hydrogen-bond donors (Lipinski definition) is 1. The third-order valence-electron chi connectivity index (χ3n) is 4.42. The number of halogens is 3. The summed E-state index contributed by atoms with van der Waals surface area (Å²) < 4.78 is 38.5. The second-order valence-electron chi connectivity index (χ2n) is 6.51. The highest BCUT2D eigenvalue weighted by molar-refractivity contribution is 7.13. The Morgan fingerprint density at radius 1 is 0.867 bits per heavy atom. The molecule has 4 aromatic rings. The average Bonchev–Trinajstić information content (AvgIpc) is 3.24. The fourth-order valence-corrected chi connectivity index (χ4v) is 3.72. The Kier molecular flexibility index (Phi) is 5.37. The quantitative estimate of drug-likeness (QED) is 0.394. The molecule has 4 rings (SSSR count). The molecule has 1 heterocycles. The lowest BCUT2D eigenvalue weighted by Crippen LogP contribution is -2.13. The van der Waals surface area contributed by atoms with Gasteiger partial charge in [-0.05, 0) is 30.3 Å². The van der Waals surface area contributed by atoms with Crippen LogP contribution in [0.4, 0.5) is 18.9 Å². The molecular weight excluding hydrogens is 409 g/mol. The van der Waals surface area contributed by atoms with Crippen LogP contribution in [0.25, 0.3) is 21.8 Å². The second kappa shape index (κ2) is 8.12. The van der Waals surface area contributed by atoms with Gasteiger partial charge in [-0.25, -0.2) is 4.98 Å². The van der Waals surface area contributed by atoms with Crippen LogP contribution in [0.3, 0.4) is 0 Å². The Bertz CT molecular complexity index is 1170. The van der Waals surface area contributed by atoms with E-state index in [1.54, 1.807) is 24.3 Å². The van der Waals surface area contributed by atoms with Crippen LogP contribution in [0.15, 0.2) is 84.2 Å². The molecule has 7 heteroatoms. The van der Waals surface area contributed by atoms with Crippen LogP contribution in [0.2, 0.25) is 0 Å². The summed E-state index contributed by atoms with van der Waals surface area (Å²) in [7, 11) is 0. The molecule has 0 bridgehead atoms. The first-order valence-corrected chi connectivity index (χ1v) is 9.88. The van der Waals surface area contributed by atoms with Crippen LogP contribution >= 0.6 is 11.3 Å². The molecule has 0 unspecified atom stereocenters. The zero-order chi connectivity index (χ0) is 21.1. The van der Waals surface area contributed by atoms with Crippen LogP contribution in [0, 0.1) is 0 Å². The minimum absolute atomic E-state index is 0.0892. The molecular formula is C23H15F3N2OS. The maximum absolute atomic E-state index is 12.8. The van der Waals surface area contributed by atoms with Gasteiger partial charge in [0.2, 0.25) is 0 Å². The summed E-state index contributed by atoms with van der Waals surface area (Å²) in [5, 5.41) is 5.29. The van der Waals surface area contributed by atoms with E-state index in [-0.39, 0.29) is 5.69 Å². The highest BCUT2D eigenvalue weighted by atomic mass is 32.1. The van der Waals surface area contributed by atoms with Crippen LogP contribution in [0.5, 0.6) is 0 Å². The summed E-state index contributed by atoms with van der Waals surface area (Å²) in [6.07, 6.45) is -4.46. The highest BCUT2D eigenvalue weighted by Gasteiger charge is 2.30. The van der Waals surface area contributed by atoms with Crippen molar-refractivity contribution in [2.75, 3.05) is 5.32 Å². The summed E-state index contributed by atoms with van der Waals surface area (Å²) in [4.78, 5) is 17.0. The number of carbonyl (C=O) groups is 1. The maximum atomic E-state index is 12.8. The molecule has 0 atom stereocenters. The van der Waals surface area contributed by atoms with Crippen molar-refractivity contribution in [2.24, 2.45) is 0 Å². The molecule has 3 nitrogen and oxygen atoms in total. The Morgan fingerprint density at radius 3 is 2.30 bits per heavy atom. The van der Waals surface area contributed by atoms with E-state index in [1.165, 1.54) is 23.5 Å². The van der Waals surface area contributed by atoms with E-state index < -0.39 is 17.6 Å². The lowest BCUT2D eigenvalue weighted by atomic mass is 10.1. The SMILES string of the molecule is O=C(Nc1cccc(C(F)(F)F)c1)c1ccc(-c2nc(-c3ccccc3)cs2)cc1. The largest absolute Gasteiger partial charge is 0.416 e. The monoisotopic (exact) mass is 424 g/mol. The summed E-state index contributed by atoms with van der Waals surface area (Å²) >= 11 is 1.50. The second-order valence-corrected chi connectivity index (χ2v) is 7.37. The Balaban J connectivity index is 1.49. The minimum Gasteiger partial charge on any atom is -0.322 e. The Hall–Kier alpha value is -3.45. The molecule has 0 spiro atoms. The van der Waals surface area contributed by atoms with Crippen molar-refractivity contribution >= 4 is 22.9 Å². The van der Waals surface area contributed by atoms with Gasteiger partial charge < -0.3 is 5.32 Å². The summed E-state index contributed by atoms with van der Waals surface area (Å²) in [5.74, 6) is -0.481. The van der Waals surface area contributed by atoms with Crippen molar-refractivity contribution in [3.63, 3.8) is 0 Å². The standard InChI is InChI=1S/C23H15F3N2OS/c24-23(25,26)18-7-4-8-19(13-18)27-21(29)16-9-11-17(12-10-16)22-28-20(14-30-22)15-5-2-1-3-6-15/h1-14H,(H,27,29). The number of amides is 1. The zero-order valence-corrected chi connectivity index (χ0v) is 16.3. The molecule has 0 aliphatic rings. The van der Waals surface area contributed by atoms with Crippen molar-refractivity contribution < 1.29 is 18.0 Å². The van der Waals surface area contributed by atoms with E-state index in [9.17, 15) is 18.0 Å². The van der Waals surface area contributed by atoms with E-state index in [2.05, 4.69) is 10.3 Å². The topological polar surface area (TPSA) is 42.0 Å². The van der Waals surface area contributed by atoms with E-state index in [0.29, 0.717) is 5.56 Å². The van der Waals surface area contributed by atoms with Crippen molar-refractivity contribution in [2.45, 2.75) is 6.18 Å². The van der Waals surface area contributed by atoms with Crippen LogP contribution < -0.4 is 5.32 Å². The lowest BCUT2D eigenvalue weighted by Gasteiger charge is -2.10. The fourth-order valence-electron chi connectivity index (χ4n) is 2.89. The first-order chi connectivity index (χ1) is 14.4. The van der Waals surface area contributed by atoms with Gasteiger partial charge in [-0.3, -0.25) is 4.79 Å². The number of benzene rings is 3. The number of rotatable bonds is 4. The fraction of sp³-hybridized carbons (Fsp3) is 0.0435. The lowest BCUT2D eigenvalue weighted by molar-refractivity contribution is -0.137. The van der Waals surface area contributed by atoms with Gasteiger partial charge in [-0.1, -0.05) is 48.5 Å². The normalized spacial score (nSPS) is 11.3. The van der Waals surface area contributed by atoms with Gasteiger partial charge >= 0.3 is 6.18 Å². The molecule has 0 saturated carbocycles. The Morgan fingerprint density at radius 2 is 1.60 bits per heavy atom. The van der Waals surface area contributed by atoms with Gasteiger partial charge in [-0.15, -0.1) is 11.3 Å². The molecule has 30 heavy (non-hydrogen) atoms. The summed E-state index contributed by atoms with van der Waals surface area (Å²) in [6.45, 7) is 0. The average molecular weight is 424 g/mol. The predicted molar refractivity (Wildman–Crippen MR) is 112 cm³/mol. The molecule has 0 aliphatic carbocycles. The summed E-state index contributed by atoms with van der Waals surface area (Å²) in [6, 6.07) is 21.2. The van der Waals surface area contributed by atoms with Gasteiger partial charge in [0, 0.05) is 27.8 Å². The van der Waals surface area contributed by atoms with Gasteiger partial charge in [-0.2, -0.15) is 13.2 Å². The van der Waals surface area contributed by atoms with Gasteiger partial charge in [0.15, 0.2) is 0 Å². The van der Waals surface area contributed by atoms with Crippen molar-refractivity contribution in [1.29, 1.82) is 0 Å². The number of carbonyl (C=O) groups excluding carboxylic acids is 1. The number of anilines is 1. The molecule has 0 fully saturated rings. The van der Waals surface area contributed by atoms with Crippen molar-refractivity contribution in [3.8, 4) is 21.8 Å². The maximum Gasteiger partial charge on any atom is 0.416 e. The first-order valence-electron chi connectivity index (χ1n) is 9.00. The predicted octanol–water partition coefficient (Wildman–Crippen LogP) is 6.75. The van der Waals surface area contributed by atoms with E-state index in [0.717, 1.165) is 34.0 Å². The van der Waals surface area contributed by atoms with Gasteiger partial charge in [0.05, 0.1) is 11.3 Å². The number of nitrogens with one attached hydrogen (secondary N) is 1. The number of thiazole rings is 1. The molecule has 0 aliphatic heterocycles. The number of hydrogen-bond acceptors (Lipinski definition) is 3. The van der Waals surface area contributed by atoms with Crippen molar-refractivity contribution in [1.82, 2.24) is 4.98 Å². The number of aromatic nitrogens is 1. The zero-order valence-electron chi connectivity index (χ0n) is 15.5. The minimum atomic E-state index is -4.46. The molecule has 1 amide bonds. The third kappa shape index (κ3) is 4.41. The van der Waals surface area contributed by atoms with E-state index >= 15 is 0 Å². The smallest absolute Gasteiger partial charge is 0.322 e.